The zero-order valence-electron chi connectivity index (χ0n) is 17.6. The maximum atomic E-state index is 14.0. The van der Waals surface area contributed by atoms with Gasteiger partial charge in [0, 0.05) is 13.1 Å². The largest absolute Gasteiger partial charge is 0.335 e. The first kappa shape index (κ1) is 21.4. The molecule has 1 heterocycles. The molecule has 0 fully saturated rings. The van der Waals surface area contributed by atoms with E-state index in [1.54, 1.807) is 48.2 Å². The number of anilines is 1. The fourth-order valence-electron chi connectivity index (χ4n) is 3.79. The van der Waals surface area contributed by atoms with Gasteiger partial charge in [0.15, 0.2) is 0 Å². The molecule has 4 nitrogen and oxygen atoms in total. The normalized spacial score (nSPS) is 13.5. The van der Waals surface area contributed by atoms with Crippen molar-refractivity contribution in [3.05, 3.63) is 107 Å². The predicted molar refractivity (Wildman–Crippen MR) is 120 cm³/mol. The summed E-state index contributed by atoms with van der Waals surface area (Å²) in [6, 6.07) is 17.2. The van der Waals surface area contributed by atoms with E-state index in [9.17, 15) is 18.4 Å². The van der Waals surface area contributed by atoms with E-state index in [2.05, 4.69) is 5.32 Å². The first-order valence-electron chi connectivity index (χ1n) is 10.3. The fourth-order valence-corrected chi connectivity index (χ4v) is 3.79. The van der Waals surface area contributed by atoms with Gasteiger partial charge in [0.2, 0.25) is 0 Å². The van der Waals surface area contributed by atoms with Gasteiger partial charge in [-0.05, 0) is 60.4 Å². The van der Waals surface area contributed by atoms with Crippen molar-refractivity contribution in [1.82, 2.24) is 4.90 Å². The molecule has 32 heavy (non-hydrogen) atoms. The average Bonchev–Trinajstić information content (AvgIpc) is 2.81. The van der Waals surface area contributed by atoms with Crippen LogP contribution in [0.1, 0.15) is 38.3 Å². The van der Waals surface area contributed by atoms with Gasteiger partial charge in [-0.15, -0.1) is 0 Å². The number of hydrogen-bond acceptors (Lipinski definition) is 2. The lowest BCUT2D eigenvalue weighted by Crippen LogP contribution is -2.35. The molecule has 1 N–H and O–H groups in total. The van der Waals surface area contributed by atoms with Gasteiger partial charge in [-0.2, -0.15) is 0 Å². The van der Waals surface area contributed by atoms with Crippen LogP contribution in [-0.2, 0) is 0 Å². The van der Waals surface area contributed by atoms with Crippen LogP contribution in [0.5, 0.6) is 0 Å². The molecule has 3 aromatic rings. The Balaban J connectivity index is 1.55. The highest BCUT2D eigenvalue weighted by atomic mass is 19.1. The molecule has 2 amide bonds. The van der Waals surface area contributed by atoms with Crippen molar-refractivity contribution >= 4 is 23.1 Å². The van der Waals surface area contributed by atoms with Gasteiger partial charge >= 0.3 is 0 Å². The number of para-hydroxylation sites is 1. The van der Waals surface area contributed by atoms with Crippen molar-refractivity contribution in [2.75, 3.05) is 18.4 Å². The SMILES string of the molecule is Cc1cccc(C(=O)N2CC=C(c3ccc(F)cc3)CC2)c1NC(=O)c1ccccc1F. The number of carbonyl (C=O) groups is 2. The molecule has 0 spiro atoms. The van der Waals surface area contributed by atoms with Crippen molar-refractivity contribution in [2.45, 2.75) is 13.3 Å². The van der Waals surface area contributed by atoms with Gasteiger partial charge in [0.1, 0.15) is 11.6 Å². The zero-order valence-corrected chi connectivity index (χ0v) is 17.6. The third-order valence-corrected chi connectivity index (χ3v) is 5.57. The number of nitrogens with one attached hydrogen (secondary N) is 1. The van der Waals surface area contributed by atoms with Crippen molar-refractivity contribution in [2.24, 2.45) is 0 Å². The highest BCUT2D eigenvalue weighted by Gasteiger charge is 2.24. The second kappa shape index (κ2) is 9.14. The summed E-state index contributed by atoms with van der Waals surface area (Å²) in [7, 11) is 0. The second-order valence-electron chi connectivity index (χ2n) is 7.67. The molecule has 0 atom stereocenters. The molecule has 0 saturated heterocycles. The van der Waals surface area contributed by atoms with Crippen molar-refractivity contribution < 1.29 is 18.4 Å². The number of amides is 2. The first-order chi connectivity index (χ1) is 15.4. The number of aryl methyl sites for hydroxylation is 1. The number of benzene rings is 3. The predicted octanol–water partition coefficient (Wildman–Crippen LogP) is 5.46. The Morgan fingerprint density at radius 2 is 1.62 bits per heavy atom. The summed E-state index contributed by atoms with van der Waals surface area (Å²) >= 11 is 0. The highest BCUT2D eigenvalue weighted by Crippen LogP contribution is 2.27. The van der Waals surface area contributed by atoms with E-state index < -0.39 is 11.7 Å². The molecule has 3 aromatic carbocycles. The number of nitrogens with zero attached hydrogens (tertiary/aromatic N) is 1. The van der Waals surface area contributed by atoms with Gasteiger partial charge in [-0.1, -0.05) is 42.5 Å². The lowest BCUT2D eigenvalue weighted by Gasteiger charge is -2.28. The fraction of sp³-hybridized carbons (Fsp3) is 0.154. The molecule has 0 aromatic heterocycles. The molecule has 0 radical (unpaired) electrons. The Kier molecular flexibility index (Phi) is 6.12. The summed E-state index contributed by atoms with van der Waals surface area (Å²) in [6.45, 7) is 2.69. The smallest absolute Gasteiger partial charge is 0.258 e. The standard InChI is InChI=1S/C26H22F2N2O2/c1-17-5-4-7-22(24(17)29-25(31)21-6-2-3-8-23(21)28)26(32)30-15-13-19(14-16-30)18-9-11-20(27)12-10-18/h2-13H,14-16H2,1H3,(H,29,31). The van der Waals surface area contributed by atoms with E-state index >= 15 is 0 Å². The van der Waals surface area contributed by atoms with Crippen LogP contribution >= 0.6 is 0 Å². The van der Waals surface area contributed by atoms with E-state index in [1.807, 2.05) is 6.08 Å². The molecular weight excluding hydrogens is 410 g/mol. The third kappa shape index (κ3) is 4.44. The summed E-state index contributed by atoms with van der Waals surface area (Å²) in [5.74, 6) is -1.73. The lowest BCUT2D eigenvalue weighted by atomic mass is 9.98. The average molecular weight is 432 g/mol. The molecule has 6 heteroatoms. The molecule has 0 bridgehead atoms. The van der Waals surface area contributed by atoms with Crippen LogP contribution in [-0.4, -0.2) is 29.8 Å². The van der Waals surface area contributed by atoms with E-state index in [1.165, 1.54) is 30.3 Å². The Morgan fingerprint density at radius 3 is 2.31 bits per heavy atom. The number of halogens is 2. The summed E-state index contributed by atoms with van der Waals surface area (Å²) in [4.78, 5) is 27.6. The van der Waals surface area contributed by atoms with Gasteiger partial charge in [-0.25, -0.2) is 8.78 Å². The number of rotatable bonds is 4. The van der Waals surface area contributed by atoms with Gasteiger partial charge in [0.05, 0.1) is 16.8 Å². The van der Waals surface area contributed by atoms with E-state index in [0.29, 0.717) is 36.3 Å². The van der Waals surface area contributed by atoms with Crippen LogP contribution in [0.2, 0.25) is 0 Å². The molecule has 4 rings (SSSR count). The number of hydrogen-bond donors (Lipinski definition) is 1. The Labute approximate surface area is 185 Å². The molecule has 0 saturated carbocycles. The Morgan fingerprint density at radius 1 is 0.906 bits per heavy atom. The topological polar surface area (TPSA) is 49.4 Å². The van der Waals surface area contributed by atoms with Crippen LogP contribution in [0.3, 0.4) is 0 Å². The molecule has 1 aliphatic rings. The van der Waals surface area contributed by atoms with E-state index in [0.717, 1.165) is 11.1 Å². The van der Waals surface area contributed by atoms with Crippen LogP contribution in [0, 0.1) is 18.6 Å². The highest BCUT2D eigenvalue weighted by molar-refractivity contribution is 6.09. The van der Waals surface area contributed by atoms with Crippen LogP contribution in [0.4, 0.5) is 14.5 Å². The van der Waals surface area contributed by atoms with E-state index in [-0.39, 0.29) is 17.3 Å². The Bertz CT molecular complexity index is 1200. The summed E-state index contributed by atoms with van der Waals surface area (Å²) in [5, 5.41) is 2.72. The van der Waals surface area contributed by atoms with Gasteiger partial charge < -0.3 is 10.2 Å². The monoisotopic (exact) mass is 432 g/mol. The van der Waals surface area contributed by atoms with Crippen molar-refractivity contribution in [3.63, 3.8) is 0 Å². The number of carbonyl (C=O) groups excluding carboxylic acids is 2. The molecular formula is C26H22F2N2O2. The minimum Gasteiger partial charge on any atom is -0.335 e. The zero-order chi connectivity index (χ0) is 22.7. The van der Waals surface area contributed by atoms with Gasteiger partial charge in [-0.3, -0.25) is 9.59 Å². The van der Waals surface area contributed by atoms with Crippen molar-refractivity contribution in [1.29, 1.82) is 0 Å². The molecule has 1 aliphatic heterocycles. The maximum Gasteiger partial charge on any atom is 0.258 e. The maximum absolute atomic E-state index is 14.0. The first-order valence-corrected chi connectivity index (χ1v) is 10.3. The molecule has 0 unspecified atom stereocenters. The minimum atomic E-state index is -0.624. The van der Waals surface area contributed by atoms with Gasteiger partial charge in [0.25, 0.3) is 11.8 Å². The third-order valence-electron chi connectivity index (χ3n) is 5.57. The van der Waals surface area contributed by atoms with Crippen LogP contribution < -0.4 is 5.32 Å². The van der Waals surface area contributed by atoms with E-state index in [4.69, 9.17) is 0 Å². The Hall–Kier alpha value is -3.80. The summed E-state index contributed by atoms with van der Waals surface area (Å²) < 4.78 is 27.2. The van der Waals surface area contributed by atoms with Crippen molar-refractivity contribution in [3.8, 4) is 0 Å². The summed E-state index contributed by atoms with van der Waals surface area (Å²) in [6.07, 6.45) is 2.60. The molecule has 0 aliphatic carbocycles. The second-order valence-corrected chi connectivity index (χ2v) is 7.67. The van der Waals surface area contributed by atoms with Crippen LogP contribution in [0.15, 0.2) is 72.8 Å². The van der Waals surface area contributed by atoms with Crippen LogP contribution in [0.25, 0.3) is 5.57 Å². The molecule has 162 valence electrons. The summed E-state index contributed by atoms with van der Waals surface area (Å²) in [5.41, 5.74) is 3.35. The quantitative estimate of drug-likeness (QED) is 0.596. The minimum absolute atomic E-state index is 0.0843. The lowest BCUT2D eigenvalue weighted by molar-refractivity contribution is 0.0774.